The first kappa shape index (κ1) is 20.8. The average Bonchev–Trinajstić information content (AvgIpc) is 3.01. The molecule has 0 spiro atoms. The number of nitrogens with one attached hydrogen (secondary N) is 2. The molecule has 0 aliphatic rings. The van der Waals surface area contributed by atoms with Gasteiger partial charge in [0.05, 0.1) is 33.6 Å². The van der Waals surface area contributed by atoms with E-state index in [1.807, 2.05) is 19.1 Å². The second-order valence-electron chi connectivity index (χ2n) is 5.85. The lowest BCUT2D eigenvalue weighted by Crippen LogP contribution is -2.37. The maximum Gasteiger partial charge on any atom is 0.203 e. The van der Waals surface area contributed by atoms with Gasteiger partial charge in [0, 0.05) is 24.0 Å². The molecule has 8 heteroatoms. The van der Waals surface area contributed by atoms with E-state index in [0.717, 1.165) is 28.6 Å². The zero-order chi connectivity index (χ0) is 19.8. The molecule has 1 aromatic carbocycles. The van der Waals surface area contributed by atoms with Gasteiger partial charge in [-0.3, -0.25) is 4.99 Å². The highest BCUT2D eigenvalue weighted by Crippen LogP contribution is 2.39. The van der Waals surface area contributed by atoms with Gasteiger partial charge in [0.2, 0.25) is 5.75 Å². The van der Waals surface area contributed by atoms with Gasteiger partial charge in [0.25, 0.3) is 0 Å². The molecule has 27 heavy (non-hydrogen) atoms. The Hall–Kier alpha value is -2.48. The molecule has 0 fully saturated rings. The minimum Gasteiger partial charge on any atom is -0.493 e. The fourth-order valence-electron chi connectivity index (χ4n) is 2.67. The Morgan fingerprint density at radius 2 is 1.81 bits per heavy atom. The van der Waals surface area contributed by atoms with E-state index in [1.165, 1.54) is 4.88 Å². The summed E-state index contributed by atoms with van der Waals surface area (Å²) in [5.41, 5.74) is 2.12. The average molecular weight is 393 g/mol. The summed E-state index contributed by atoms with van der Waals surface area (Å²) in [6.07, 6.45) is 0.750. The van der Waals surface area contributed by atoms with Crippen molar-refractivity contribution < 1.29 is 14.2 Å². The molecule has 0 atom stereocenters. The van der Waals surface area contributed by atoms with E-state index in [2.05, 4.69) is 27.5 Å². The molecule has 7 nitrogen and oxygen atoms in total. The van der Waals surface area contributed by atoms with E-state index in [4.69, 9.17) is 14.2 Å². The summed E-state index contributed by atoms with van der Waals surface area (Å²) in [6, 6.07) is 3.87. The van der Waals surface area contributed by atoms with Crippen LogP contribution in [0.5, 0.6) is 17.2 Å². The monoisotopic (exact) mass is 392 g/mol. The molecule has 0 unspecified atom stereocenters. The van der Waals surface area contributed by atoms with Gasteiger partial charge in [-0.1, -0.05) is 6.07 Å². The summed E-state index contributed by atoms with van der Waals surface area (Å²) < 4.78 is 16.3. The topological polar surface area (TPSA) is 77.0 Å². The first-order valence-corrected chi connectivity index (χ1v) is 9.50. The van der Waals surface area contributed by atoms with Crippen LogP contribution in [0.15, 0.2) is 17.1 Å². The van der Waals surface area contributed by atoms with Crippen LogP contribution in [0.3, 0.4) is 0 Å². The molecule has 0 radical (unpaired) electrons. The molecule has 148 valence electrons. The van der Waals surface area contributed by atoms with Crippen LogP contribution in [-0.4, -0.2) is 45.9 Å². The van der Waals surface area contributed by atoms with Crippen molar-refractivity contribution in [3.8, 4) is 17.2 Å². The minimum atomic E-state index is 0.606. The Bertz CT molecular complexity index is 770. The predicted molar refractivity (Wildman–Crippen MR) is 110 cm³/mol. The van der Waals surface area contributed by atoms with Crippen LogP contribution in [-0.2, 0) is 13.0 Å². The van der Waals surface area contributed by atoms with E-state index in [0.29, 0.717) is 30.3 Å². The smallest absolute Gasteiger partial charge is 0.203 e. The molecule has 0 amide bonds. The third-order valence-electron chi connectivity index (χ3n) is 4.18. The molecule has 0 saturated carbocycles. The third kappa shape index (κ3) is 5.26. The molecular formula is C19H28N4O3S. The molecule has 2 N–H and O–H groups in total. The standard InChI is InChI=1S/C19H28N4O3S/c1-12-13(2)27-16(23-12)11-22-19(20-3)21-10-9-14-7-8-15(24-4)18(26-6)17(14)25-5/h7-8H,9-11H2,1-6H3,(H2,20,21,22). The van der Waals surface area contributed by atoms with Gasteiger partial charge in [-0.15, -0.1) is 11.3 Å². The molecule has 0 aliphatic carbocycles. The maximum absolute atomic E-state index is 5.53. The highest BCUT2D eigenvalue weighted by atomic mass is 32.1. The van der Waals surface area contributed by atoms with Crippen molar-refractivity contribution in [3.05, 3.63) is 33.3 Å². The lowest BCUT2D eigenvalue weighted by atomic mass is 10.1. The molecule has 2 rings (SSSR count). The number of hydrogen-bond donors (Lipinski definition) is 2. The number of nitrogens with zero attached hydrogens (tertiary/aromatic N) is 2. The highest BCUT2D eigenvalue weighted by molar-refractivity contribution is 7.11. The van der Waals surface area contributed by atoms with Crippen LogP contribution in [0.1, 0.15) is 21.1 Å². The number of aromatic nitrogens is 1. The Labute approximate surface area is 164 Å². The predicted octanol–water partition coefficient (Wildman–Crippen LogP) is 2.69. The van der Waals surface area contributed by atoms with Gasteiger partial charge >= 0.3 is 0 Å². The molecule has 0 aliphatic heterocycles. The van der Waals surface area contributed by atoms with Crippen LogP contribution >= 0.6 is 11.3 Å². The Kier molecular flexibility index (Phi) is 7.72. The summed E-state index contributed by atoms with van der Waals surface area (Å²) in [5.74, 6) is 2.68. The van der Waals surface area contributed by atoms with Crippen molar-refractivity contribution >= 4 is 17.3 Å². The lowest BCUT2D eigenvalue weighted by Gasteiger charge is -2.16. The molecule has 0 saturated heterocycles. The zero-order valence-electron chi connectivity index (χ0n) is 16.8. The number of guanidine groups is 1. The van der Waals surface area contributed by atoms with E-state index in [1.54, 1.807) is 39.7 Å². The summed E-state index contributed by atoms with van der Waals surface area (Å²) in [4.78, 5) is 10.0. The molecule has 2 aromatic rings. The van der Waals surface area contributed by atoms with Crippen molar-refractivity contribution in [2.24, 2.45) is 4.99 Å². The minimum absolute atomic E-state index is 0.606. The first-order valence-electron chi connectivity index (χ1n) is 8.69. The highest BCUT2D eigenvalue weighted by Gasteiger charge is 2.15. The van der Waals surface area contributed by atoms with Crippen molar-refractivity contribution in [1.29, 1.82) is 0 Å². The van der Waals surface area contributed by atoms with Crippen molar-refractivity contribution in [2.45, 2.75) is 26.8 Å². The van der Waals surface area contributed by atoms with Gasteiger partial charge < -0.3 is 24.8 Å². The van der Waals surface area contributed by atoms with Gasteiger partial charge in [0.1, 0.15) is 5.01 Å². The number of hydrogen-bond acceptors (Lipinski definition) is 6. The van der Waals surface area contributed by atoms with Crippen LogP contribution in [0.2, 0.25) is 0 Å². The van der Waals surface area contributed by atoms with Crippen molar-refractivity contribution in [3.63, 3.8) is 0 Å². The van der Waals surface area contributed by atoms with Crippen LogP contribution in [0, 0.1) is 13.8 Å². The second kappa shape index (κ2) is 10.0. The second-order valence-corrected chi connectivity index (χ2v) is 7.13. The quantitative estimate of drug-likeness (QED) is 0.531. The SMILES string of the molecule is CN=C(NCCc1ccc(OC)c(OC)c1OC)NCc1nc(C)c(C)s1. The normalized spacial score (nSPS) is 11.3. The van der Waals surface area contributed by atoms with Gasteiger partial charge in [-0.2, -0.15) is 0 Å². The number of benzene rings is 1. The van der Waals surface area contributed by atoms with E-state index in [9.17, 15) is 0 Å². The third-order valence-corrected chi connectivity index (χ3v) is 5.25. The zero-order valence-corrected chi connectivity index (χ0v) is 17.6. The summed E-state index contributed by atoms with van der Waals surface area (Å²) in [7, 11) is 6.60. The van der Waals surface area contributed by atoms with Crippen molar-refractivity contribution in [2.75, 3.05) is 34.9 Å². The lowest BCUT2D eigenvalue weighted by molar-refractivity contribution is 0.322. The van der Waals surface area contributed by atoms with Crippen LogP contribution in [0.4, 0.5) is 0 Å². The first-order chi connectivity index (χ1) is 13.0. The molecule has 0 bridgehead atoms. The summed E-state index contributed by atoms with van der Waals surface area (Å²) in [5, 5.41) is 7.66. The number of aryl methyl sites for hydroxylation is 2. The summed E-state index contributed by atoms with van der Waals surface area (Å²) in [6.45, 7) is 5.46. The number of methoxy groups -OCH3 is 3. The number of thiazole rings is 1. The van der Waals surface area contributed by atoms with Crippen LogP contribution < -0.4 is 24.8 Å². The Balaban J connectivity index is 1.94. The van der Waals surface area contributed by atoms with Gasteiger partial charge in [-0.25, -0.2) is 4.98 Å². The number of rotatable bonds is 8. The van der Waals surface area contributed by atoms with Crippen molar-refractivity contribution in [1.82, 2.24) is 15.6 Å². The number of aliphatic imine (C=N–C) groups is 1. The van der Waals surface area contributed by atoms with E-state index < -0.39 is 0 Å². The summed E-state index contributed by atoms with van der Waals surface area (Å²) >= 11 is 1.70. The van der Waals surface area contributed by atoms with E-state index in [-0.39, 0.29) is 0 Å². The van der Waals surface area contributed by atoms with Gasteiger partial charge in [-0.05, 0) is 26.3 Å². The fraction of sp³-hybridized carbons (Fsp3) is 0.474. The molecule has 1 heterocycles. The molecule has 1 aromatic heterocycles. The van der Waals surface area contributed by atoms with Crippen LogP contribution in [0.25, 0.3) is 0 Å². The molecular weight excluding hydrogens is 364 g/mol. The van der Waals surface area contributed by atoms with Gasteiger partial charge in [0.15, 0.2) is 17.5 Å². The Morgan fingerprint density at radius 1 is 1.07 bits per heavy atom. The number of ether oxygens (including phenoxy) is 3. The largest absolute Gasteiger partial charge is 0.493 e. The Morgan fingerprint density at radius 3 is 2.37 bits per heavy atom. The maximum atomic E-state index is 5.53. The fourth-order valence-corrected chi connectivity index (χ4v) is 3.54. The van der Waals surface area contributed by atoms with E-state index >= 15 is 0 Å².